The monoisotopic (exact) mass is 222 g/mol. The van der Waals surface area contributed by atoms with Crippen molar-refractivity contribution in [3.63, 3.8) is 0 Å². The van der Waals surface area contributed by atoms with Crippen LogP contribution in [0.1, 0.15) is 0 Å². The molecule has 0 spiro atoms. The third-order valence-electron chi connectivity index (χ3n) is 1.75. The van der Waals surface area contributed by atoms with Gasteiger partial charge in [-0.3, -0.25) is 4.98 Å². The largest absolute Gasteiger partial charge is 0.397 e. The van der Waals surface area contributed by atoms with Crippen LogP contribution in [-0.4, -0.2) is 4.98 Å². The van der Waals surface area contributed by atoms with Crippen molar-refractivity contribution in [3.05, 3.63) is 34.9 Å². The quantitative estimate of drug-likeness (QED) is 0.697. The molecule has 0 atom stereocenters. The van der Waals surface area contributed by atoms with Gasteiger partial charge in [-0.1, -0.05) is 28.1 Å². The predicted octanol–water partition coefficient (Wildman–Crippen LogP) is 2.58. The maximum atomic E-state index is 5.74. The molecule has 2 rings (SSSR count). The molecule has 0 saturated heterocycles. The Morgan fingerprint density at radius 3 is 2.83 bits per heavy atom. The molecule has 0 bridgehead atoms. The highest BCUT2D eigenvalue weighted by Gasteiger charge is 2.00. The fourth-order valence-corrected chi connectivity index (χ4v) is 1.60. The summed E-state index contributed by atoms with van der Waals surface area (Å²) in [5.74, 6) is 0. The lowest BCUT2D eigenvalue weighted by Crippen LogP contribution is -1.88. The number of halogens is 1. The van der Waals surface area contributed by atoms with Crippen LogP contribution in [0.5, 0.6) is 0 Å². The topological polar surface area (TPSA) is 38.9 Å². The Balaban J connectivity index is 2.94. The van der Waals surface area contributed by atoms with Gasteiger partial charge >= 0.3 is 0 Å². The van der Waals surface area contributed by atoms with E-state index in [9.17, 15) is 0 Å². The highest BCUT2D eigenvalue weighted by molar-refractivity contribution is 9.10. The molecular formula is C9H7BrN2. The molecule has 0 fully saturated rings. The third kappa shape index (κ3) is 1.06. The average molecular weight is 223 g/mol. The Labute approximate surface area is 78.5 Å². The number of aromatic nitrogens is 1. The molecule has 0 aliphatic rings. The minimum Gasteiger partial charge on any atom is -0.397 e. The lowest BCUT2D eigenvalue weighted by molar-refractivity contribution is 1.40. The van der Waals surface area contributed by atoms with Crippen LogP contribution >= 0.6 is 15.9 Å². The summed E-state index contributed by atoms with van der Waals surface area (Å²) < 4.78 is 1.03. The number of benzene rings is 1. The van der Waals surface area contributed by atoms with Gasteiger partial charge in [0.1, 0.15) is 0 Å². The number of nitrogens with two attached hydrogens (primary N) is 1. The van der Waals surface area contributed by atoms with E-state index in [1.54, 1.807) is 6.20 Å². The molecule has 0 aliphatic heterocycles. The fraction of sp³-hybridized carbons (Fsp3) is 0. The lowest BCUT2D eigenvalue weighted by Gasteiger charge is -2.01. The summed E-state index contributed by atoms with van der Waals surface area (Å²) in [5, 5.41) is 1.05. The van der Waals surface area contributed by atoms with Gasteiger partial charge in [-0.2, -0.15) is 0 Å². The molecule has 0 unspecified atom stereocenters. The number of hydrogen-bond acceptors (Lipinski definition) is 2. The maximum Gasteiger partial charge on any atom is 0.0942 e. The molecular weight excluding hydrogens is 216 g/mol. The molecule has 0 aliphatic carbocycles. The Morgan fingerprint density at radius 2 is 2.08 bits per heavy atom. The molecule has 3 heteroatoms. The molecule has 1 aromatic carbocycles. The first kappa shape index (κ1) is 7.55. The van der Waals surface area contributed by atoms with Gasteiger partial charge in [0, 0.05) is 16.1 Å². The summed E-state index contributed by atoms with van der Waals surface area (Å²) in [7, 11) is 0. The van der Waals surface area contributed by atoms with Crippen molar-refractivity contribution in [1.82, 2.24) is 4.98 Å². The SMILES string of the molecule is Nc1cccc2c(Br)ccnc12. The van der Waals surface area contributed by atoms with Crippen molar-refractivity contribution in [2.24, 2.45) is 0 Å². The molecule has 2 aromatic rings. The van der Waals surface area contributed by atoms with Crippen molar-refractivity contribution < 1.29 is 0 Å². The number of para-hydroxylation sites is 1. The van der Waals surface area contributed by atoms with E-state index in [-0.39, 0.29) is 0 Å². The van der Waals surface area contributed by atoms with Crippen LogP contribution in [0.25, 0.3) is 10.9 Å². The Kier molecular flexibility index (Phi) is 1.73. The van der Waals surface area contributed by atoms with Gasteiger partial charge < -0.3 is 5.73 Å². The first-order valence-corrected chi connectivity index (χ1v) is 4.37. The van der Waals surface area contributed by atoms with E-state index < -0.39 is 0 Å². The molecule has 0 saturated carbocycles. The second kappa shape index (κ2) is 2.75. The second-order valence-electron chi connectivity index (χ2n) is 2.54. The highest BCUT2D eigenvalue weighted by atomic mass is 79.9. The summed E-state index contributed by atoms with van der Waals surface area (Å²) >= 11 is 3.44. The van der Waals surface area contributed by atoms with Crippen molar-refractivity contribution in [2.45, 2.75) is 0 Å². The molecule has 60 valence electrons. The van der Waals surface area contributed by atoms with E-state index in [0.29, 0.717) is 5.69 Å². The van der Waals surface area contributed by atoms with Crippen LogP contribution in [0, 0.1) is 0 Å². The summed E-state index contributed by atoms with van der Waals surface area (Å²) in [6.45, 7) is 0. The van der Waals surface area contributed by atoms with Crippen molar-refractivity contribution in [1.29, 1.82) is 0 Å². The number of nitrogen functional groups attached to an aromatic ring is 1. The van der Waals surface area contributed by atoms with E-state index >= 15 is 0 Å². The molecule has 1 heterocycles. The summed E-state index contributed by atoms with van der Waals surface area (Å²) in [6.07, 6.45) is 1.74. The van der Waals surface area contributed by atoms with Gasteiger partial charge in [0.25, 0.3) is 0 Å². The first-order chi connectivity index (χ1) is 5.79. The maximum absolute atomic E-state index is 5.74. The Morgan fingerprint density at radius 1 is 1.25 bits per heavy atom. The molecule has 0 radical (unpaired) electrons. The van der Waals surface area contributed by atoms with Crippen LogP contribution < -0.4 is 5.73 Å². The van der Waals surface area contributed by atoms with Crippen molar-refractivity contribution in [2.75, 3.05) is 5.73 Å². The number of pyridine rings is 1. The smallest absolute Gasteiger partial charge is 0.0942 e. The van der Waals surface area contributed by atoms with E-state index in [2.05, 4.69) is 20.9 Å². The molecule has 2 nitrogen and oxygen atoms in total. The molecule has 12 heavy (non-hydrogen) atoms. The fourth-order valence-electron chi connectivity index (χ4n) is 1.17. The van der Waals surface area contributed by atoms with Gasteiger partial charge in [-0.15, -0.1) is 0 Å². The highest BCUT2D eigenvalue weighted by Crippen LogP contribution is 2.25. The zero-order valence-electron chi connectivity index (χ0n) is 6.29. The standard InChI is InChI=1S/C9H7BrN2/c10-7-4-5-12-9-6(7)2-1-3-8(9)11/h1-5H,11H2. The minimum absolute atomic E-state index is 0.716. The molecule has 2 N–H and O–H groups in total. The van der Waals surface area contributed by atoms with Crippen molar-refractivity contribution >= 4 is 32.5 Å². The summed E-state index contributed by atoms with van der Waals surface area (Å²) in [4.78, 5) is 4.19. The van der Waals surface area contributed by atoms with E-state index in [0.717, 1.165) is 15.4 Å². The van der Waals surface area contributed by atoms with Gasteiger partial charge in [0.05, 0.1) is 11.2 Å². The zero-order chi connectivity index (χ0) is 8.55. The number of nitrogens with zero attached hydrogens (tertiary/aromatic N) is 1. The number of hydrogen-bond donors (Lipinski definition) is 1. The van der Waals surface area contributed by atoms with Gasteiger partial charge in [-0.25, -0.2) is 0 Å². The third-order valence-corrected chi connectivity index (χ3v) is 2.44. The van der Waals surface area contributed by atoms with Crippen LogP contribution in [0.4, 0.5) is 5.69 Å². The Hall–Kier alpha value is -1.09. The minimum atomic E-state index is 0.716. The summed E-state index contributed by atoms with van der Waals surface area (Å²) in [6, 6.07) is 7.66. The van der Waals surface area contributed by atoms with Crippen LogP contribution in [0.2, 0.25) is 0 Å². The normalized spacial score (nSPS) is 10.4. The number of fused-ring (bicyclic) bond motifs is 1. The van der Waals surface area contributed by atoms with Crippen LogP contribution in [0.15, 0.2) is 34.9 Å². The zero-order valence-corrected chi connectivity index (χ0v) is 7.88. The van der Waals surface area contributed by atoms with Crippen LogP contribution in [0.3, 0.4) is 0 Å². The lowest BCUT2D eigenvalue weighted by atomic mass is 10.2. The van der Waals surface area contributed by atoms with Crippen molar-refractivity contribution in [3.8, 4) is 0 Å². The number of rotatable bonds is 0. The molecule has 1 aromatic heterocycles. The van der Waals surface area contributed by atoms with Gasteiger partial charge in [0.15, 0.2) is 0 Å². The second-order valence-corrected chi connectivity index (χ2v) is 3.39. The van der Waals surface area contributed by atoms with E-state index in [4.69, 9.17) is 5.73 Å². The molecule has 0 amide bonds. The summed E-state index contributed by atoms with van der Waals surface area (Å²) in [5.41, 5.74) is 7.31. The van der Waals surface area contributed by atoms with Gasteiger partial charge in [-0.05, 0) is 12.1 Å². The average Bonchev–Trinajstić information content (AvgIpc) is 2.07. The van der Waals surface area contributed by atoms with Gasteiger partial charge in [0.2, 0.25) is 0 Å². The predicted molar refractivity (Wildman–Crippen MR) is 53.9 cm³/mol. The Bertz CT molecular complexity index is 385. The van der Waals surface area contributed by atoms with E-state index in [1.807, 2.05) is 24.3 Å². The number of anilines is 1. The first-order valence-electron chi connectivity index (χ1n) is 3.58. The van der Waals surface area contributed by atoms with E-state index in [1.165, 1.54) is 0 Å². The van der Waals surface area contributed by atoms with Crippen LogP contribution in [-0.2, 0) is 0 Å².